The van der Waals surface area contributed by atoms with Crippen LogP contribution >= 0.6 is 0 Å². The van der Waals surface area contributed by atoms with Crippen LogP contribution in [0.5, 0.6) is 5.75 Å². The fourth-order valence-electron chi connectivity index (χ4n) is 4.61. The first-order chi connectivity index (χ1) is 14.0. The van der Waals surface area contributed by atoms with Crippen molar-refractivity contribution in [2.24, 2.45) is 4.99 Å². The standard InChI is InChI=1S/C24H22N2O3/c1-4-28-22(27)23(2)18-11-7-8-12-19(18)26(3)24(23)15-25-21-17-10-6-5-9-16(17)13-14-20(21)29-24/h5-15H,4H2,1-3H3. The minimum atomic E-state index is -1.11. The van der Waals surface area contributed by atoms with Gasteiger partial charge in [0.2, 0.25) is 5.72 Å². The Balaban J connectivity index is 1.73. The summed E-state index contributed by atoms with van der Waals surface area (Å²) in [5, 5.41) is 2.12. The Morgan fingerprint density at radius 1 is 1.10 bits per heavy atom. The number of likely N-dealkylation sites (N-methyl/N-ethyl adjacent to an activating group) is 1. The number of carbonyl (C=O) groups is 1. The summed E-state index contributed by atoms with van der Waals surface area (Å²) in [7, 11) is 1.93. The lowest BCUT2D eigenvalue weighted by Crippen LogP contribution is -2.65. The molecule has 2 atom stereocenters. The van der Waals surface area contributed by atoms with Gasteiger partial charge in [-0.3, -0.25) is 9.79 Å². The first kappa shape index (κ1) is 17.7. The number of para-hydroxylation sites is 1. The van der Waals surface area contributed by atoms with E-state index < -0.39 is 11.1 Å². The number of aliphatic imine (C=N–C) groups is 1. The lowest BCUT2D eigenvalue weighted by Gasteiger charge is -2.44. The summed E-state index contributed by atoms with van der Waals surface area (Å²) in [6, 6.07) is 19.9. The van der Waals surface area contributed by atoms with Gasteiger partial charge in [0.05, 0.1) is 12.8 Å². The molecule has 5 rings (SSSR count). The van der Waals surface area contributed by atoms with Crippen molar-refractivity contribution < 1.29 is 14.3 Å². The van der Waals surface area contributed by atoms with Gasteiger partial charge >= 0.3 is 5.97 Å². The van der Waals surface area contributed by atoms with Gasteiger partial charge in [0.25, 0.3) is 0 Å². The molecule has 5 heteroatoms. The van der Waals surface area contributed by atoms with Crippen LogP contribution in [0.1, 0.15) is 19.4 Å². The maximum atomic E-state index is 13.3. The topological polar surface area (TPSA) is 51.1 Å². The van der Waals surface area contributed by atoms with Gasteiger partial charge in [-0.2, -0.15) is 0 Å². The van der Waals surface area contributed by atoms with Gasteiger partial charge in [0.1, 0.15) is 11.4 Å². The highest BCUT2D eigenvalue weighted by Crippen LogP contribution is 2.54. The molecule has 0 amide bonds. The molecule has 2 unspecified atom stereocenters. The predicted molar refractivity (Wildman–Crippen MR) is 114 cm³/mol. The van der Waals surface area contributed by atoms with E-state index in [1.807, 2.05) is 80.4 Å². The van der Waals surface area contributed by atoms with Gasteiger partial charge in [0.15, 0.2) is 5.41 Å². The number of hydrogen-bond donors (Lipinski definition) is 0. The number of anilines is 1. The minimum absolute atomic E-state index is 0.300. The molecule has 1 spiro atoms. The molecule has 2 heterocycles. The summed E-state index contributed by atoms with van der Waals surface area (Å²) < 4.78 is 12.2. The monoisotopic (exact) mass is 386 g/mol. The van der Waals surface area contributed by atoms with Crippen molar-refractivity contribution in [2.75, 3.05) is 18.6 Å². The number of nitrogens with zero attached hydrogens (tertiary/aromatic N) is 2. The molecule has 0 saturated heterocycles. The largest absolute Gasteiger partial charge is 0.465 e. The third-order valence-electron chi connectivity index (χ3n) is 6.20. The number of benzene rings is 3. The van der Waals surface area contributed by atoms with E-state index in [4.69, 9.17) is 14.5 Å². The van der Waals surface area contributed by atoms with Crippen molar-refractivity contribution >= 4 is 34.3 Å². The normalized spacial score (nSPS) is 24.3. The molecule has 0 fully saturated rings. The highest BCUT2D eigenvalue weighted by Gasteiger charge is 2.66. The van der Waals surface area contributed by atoms with Crippen LogP contribution in [0, 0.1) is 0 Å². The Kier molecular flexibility index (Phi) is 3.72. The predicted octanol–water partition coefficient (Wildman–Crippen LogP) is 4.60. The molecule has 0 saturated carbocycles. The Hall–Kier alpha value is -3.34. The van der Waals surface area contributed by atoms with Crippen LogP contribution in [0.25, 0.3) is 10.8 Å². The van der Waals surface area contributed by atoms with Crippen LogP contribution in [0.3, 0.4) is 0 Å². The molecule has 2 aliphatic heterocycles. The van der Waals surface area contributed by atoms with Gasteiger partial charge in [-0.1, -0.05) is 48.5 Å². The van der Waals surface area contributed by atoms with Crippen molar-refractivity contribution in [2.45, 2.75) is 25.0 Å². The molecule has 3 aromatic carbocycles. The van der Waals surface area contributed by atoms with Crippen LogP contribution in [0.2, 0.25) is 0 Å². The Bertz CT molecular complexity index is 1170. The summed E-state index contributed by atoms with van der Waals surface area (Å²) in [5.74, 6) is 0.328. The average Bonchev–Trinajstić information content (AvgIpc) is 2.94. The number of carbonyl (C=O) groups excluding carboxylic acids is 1. The van der Waals surface area contributed by atoms with Crippen molar-refractivity contribution in [1.29, 1.82) is 0 Å². The molecular formula is C24H22N2O3. The zero-order chi connectivity index (χ0) is 20.2. The molecule has 5 nitrogen and oxygen atoms in total. The van der Waals surface area contributed by atoms with Crippen LogP contribution in [0.4, 0.5) is 11.4 Å². The maximum Gasteiger partial charge on any atom is 0.322 e. The molecule has 0 aliphatic carbocycles. The summed E-state index contributed by atoms with van der Waals surface area (Å²) in [6.45, 7) is 4.00. The van der Waals surface area contributed by atoms with Crippen molar-refractivity contribution in [3.8, 4) is 5.75 Å². The second-order valence-electron chi connectivity index (χ2n) is 7.61. The lowest BCUT2D eigenvalue weighted by atomic mass is 9.75. The minimum Gasteiger partial charge on any atom is -0.465 e. The van der Waals surface area contributed by atoms with Crippen LogP contribution in [-0.4, -0.2) is 31.6 Å². The van der Waals surface area contributed by atoms with E-state index in [2.05, 4.69) is 6.07 Å². The molecule has 29 heavy (non-hydrogen) atoms. The summed E-state index contributed by atoms with van der Waals surface area (Å²) in [4.78, 5) is 20.1. The van der Waals surface area contributed by atoms with Crippen LogP contribution in [-0.2, 0) is 14.9 Å². The van der Waals surface area contributed by atoms with E-state index in [0.717, 1.165) is 27.7 Å². The first-order valence-electron chi connectivity index (χ1n) is 9.79. The van der Waals surface area contributed by atoms with Gasteiger partial charge in [0, 0.05) is 18.1 Å². The number of esters is 1. The fourth-order valence-corrected chi connectivity index (χ4v) is 4.61. The second kappa shape index (κ2) is 6.08. The second-order valence-corrected chi connectivity index (χ2v) is 7.61. The van der Waals surface area contributed by atoms with Crippen molar-refractivity contribution in [3.63, 3.8) is 0 Å². The van der Waals surface area contributed by atoms with Gasteiger partial charge < -0.3 is 14.4 Å². The zero-order valence-corrected chi connectivity index (χ0v) is 16.7. The molecule has 0 bridgehead atoms. The van der Waals surface area contributed by atoms with Gasteiger partial charge in [-0.05, 0) is 36.9 Å². The average molecular weight is 386 g/mol. The van der Waals surface area contributed by atoms with Crippen molar-refractivity contribution in [1.82, 2.24) is 0 Å². The summed E-state index contributed by atoms with van der Waals surface area (Å²) in [5.41, 5.74) is 0.402. The highest BCUT2D eigenvalue weighted by atomic mass is 16.6. The van der Waals surface area contributed by atoms with Gasteiger partial charge in [-0.25, -0.2) is 0 Å². The van der Waals surface area contributed by atoms with Crippen LogP contribution in [0.15, 0.2) is 65.7 Å². The third kappa shape index (κ3) is 2.15. The molecule has 2 aliphatic rings. The van der Waals surface area contributed by atoms with Gasteiger partial charge in [-0.15, -0.1) is 0 Å². The zero-order valence-electron chi connectivity index (χ0n) is 16.7. The summed E-state index contributed by atoms with van der Waals surface area (Å²) in [6.07, 6.45) is 1.76. The van der Waals surface area contributed by atoms with E-state index in [0.29, 0.717) is 12.4 Å². The van der Waals surface area contributed by atoms with Crippen molar-refractivity contribution in [3.05, 3.63) is 66.2 Å². The van der Waals surface area contributed by atoms with E-state index in [-0.39, 0.29) is 5.97 Å². The Morgan fingerprint density at radius 3 is 2.69 bits per heavy atom. The molecule has 146 valence electrons. The molecule has 3 aromatic rings. The van der Waals surface area contributed by atoms with E-state index in [1.54, 1.807) is 6.21 Å². The quantitative estimate of drug-likeness (QED) is 0.604. The van der Waals surface area contributed by atoms with E-state index in [9.17, 15) is 4.79 Å². The SMILES string of the molecule is CCOC(=O)C1(C)c2ccccc2N(C)C12C=Nc1c(ccc3ccccc13)O2. The lowest BCUT2D eigenvalue weighted by molar-refractivity contribution is -0.154. The van der Waals surface area contributed by atoms with Crippen LogP contribution < -0.4 is 9.64 Å². The molecule has 0 radical (unpaired) electrons. The number of rotatable bonds is 2. The number of hydrogen-bond acceptors (Lipinski definition) is 5. The summed E-state index contributed by atoms with van der Waals surface area (Å²) >= 11 is 0. The van der Waals surface area contributed by atoms with E-state index >= 15 is 0 Å². The maximum absolute atomic E-state index is 13.3. The Morgan fingerprint density at radius 2 is 1.86 bits per heavy atom. The first-order valence-corrected chi connectivity index (χ1v) is 9.79. The molecule has 0 N–H and O–H groups in total. The molecular weight excluding hydrogens is 364 g/mol. The number of fused-ring (bicyclic) bond motifs is 4. The smallest absolute Gasteiger partial charge is 0.322 e. The third-order valence-corrected chi connectivity index (χ3v) is 6.20. The van der Waals surface area contributed by atoms with E-state index in [1.165, 1.54) is 0 Å². The highest BCUT2D eigenvalue weighted by molar-refractivity contribution is 6.03. The number of ether oxygens (including phenoxy) is 2. The fraction of sp³-hybridized carbons (Fsp3) is 0.250. The molecule has 0 aromatic heterocycles. The Labute approximate surface area is 169 Å².